The Balaban J connectivity index is 0.00000225. The number of amides is 1. The van der Waals surface area contributed by atoms with Crippen LogP contribution in [0.15, 0.2) is 4.99 Å². The number of nitrogens with zero attached hydrogens (tertiary/aromatic N) is 2. The third-order valence-electron chi connectivity index (χ3n) is 6.24. The van der Waals surface area contributed by atoms with Gasteiger partial charge in [-0.15, -0.1) is 24.0 Å². The van der Waals surface area contributed by atoms with Crippen LogP contribution in [0.4, 0.5) is 0 Å². The van der Waals surface area contributed by atoms with Gasteiger partial charge in [0, 0.05) is 58.8 Å². The first-order valence-electron chi connectivity index (χ1n) is 9.32. The number of aliphatic imine (C=N–C) groups is 1. The Hall–Kier alpha value is -0.570. The van der Waals surface area contributed by atoms with Gasteiger partial charge in [0.15, 0.2) is 5.96 Å². The number of halogens is 1. The van der Waals surface area contributed by atoms with Crippen molar-refractivity contribution in [2.45, 2.75) is 44.9 Å². The molecule has 25 heavy (non-hydrogen) atoms. The minimum Gasteiger partial charge on any atom is -0.385 e. The van der Waals surface area contributed by atoms with Crippen LogP contribution in [0.5, 0.6) is 0 Å². The van der Waals surface area contributed by atoms with Gasteiger partial charge in [-0.3, -0.25) is 9.79 Å². The maximum absolute atomic E-state index is 11.7. The van der Waals surface area contributed by atoms with E-state index in [9.17, 15) is 4.79 Å². The van der Waals surface area contributed by atoms with E-state index in [0.29, 0.717) is 11.8 Å². The second kappa shape index (κ2) is 8.88. The van der Waals surface area contributed by atoms with Crippen LogP contribution in [-0.4, -0.2) is 63.7 Å². The van der Waals surface area contributed by atoms with Crippen LogP contribution < -0.4 is 10.6 Å². The SMILES string of the molecule is CN=C(NCC1(CCOC)CCC1)N1CCCC2(CNC(=O)C2)C1.I. The zero-order chi connectivity index (χ0) is 17.0. The molecule has 6 nitrogen and oxygen atoms in total. The lowest BCUT2D eigenvalue weighted by Gasteiger charge is -2.44. The minimum absolute atomic E-state index is 0. The van der Waals surface area contributed by atoms with E-state index in [1.807, 2.05) is 7.05 Å². The number of carbonyl (C=O) groups is 1. The summed E-state index contributed by atoms with van der Waals surface area (Å²) in [4.78, 5) is 18.6. The van der Waals surface area contributed by atoms with Gasteiger partial charge in [0.2, 0.25) is 5.91 Å². The highest BCUT2D eigenvalue weighted by Crippen LogP contribution is 2.43. The summed E-state index contributed by atoms with van der Waals surface area (Å²) >= 11 is 0. The van der Waals surface area contributed by atoms with Gasteiger partial charge in [0.05, 0.1) is 0 Å². The van der Waals surface area contributed by atoms with Gasteiger partial charge < -0.3 is 20.3 Å². The summed E-state index contributed by atoms with van der Waals surface area (Å²) in [5, 5.41) is 6.64. The first kappa shape index (κ1) is 20.7. The highest BCUT2D eigenvalue weighted by Gasteiger charge is 2.43. The Morgan fingerprint density at radius 3 is 2.72 bits per heavy atom. The number of methoxy groups -OCH3 is 1. The van der Waals surface area contributed by atoms with E-state index in [4.69, 9.17) is 4.74 Å². The molecule has 1 amide bonds. The Kier molecular flexibility index (Phi) is 7.37. The van der Waals surface area contributed by atoms with E-state index in [0.717, 1.165) is 58.0 Å². The predicted molar refractivity (Wildman–Crippen MR) is 110 cm³/mol. The summed E-state index contributed by atoms with van der Waals surface area (Å²) in [6, 6.07) is 0. The number of ether oxygens (including phenoxy) is 1. The van der Waals surface area contributed by atoms with Crippen molar-refractivity contribution in [3.05, 3.63) is 0 Å². The summed E-state index contributed by atoms with van der Waals surface area (Å²) in [7, 11) is 3.65. The molecule has 1 atom stereocenters. The molecule has 1 saturated carbocycles. The number of piperidine rings is 1. The molecular weight excluding hydrogens is 431 g/mol. The third kappa shape index (κ3) is 4.78. The maximum Gasteiger partial charge on any atom is 0.220 e. The number of likely N-dealkylation sites (tertiary alicyclic amines) is 1. The fourth-order valence-corrected chi connectivity index (χ4v) is 4.54. The van der Waals surface area contributed by atoms with Crippen molar-refractivity contribution in [1.29, 1.82) is 0 Å². The molecule has 144 valence electrons. The summed E-state index contributed by atoms with van der Waals surface area (Å²) in [6.07, 6.45) is 7.94. The zero-order valence-corrected chi connectivity index (χ0v) is 17.9. The molecule has 3 fully saturated rings. The molecule has 2 heterocycles. The highest BCUT2D eigenvalue weighted by molar-refractivity contribution is 14.0. The Bertz CT molecular complexity index is 495. The lowest BCUT2D eigenvalue weighted by molar-refractivity contribution is -0.119. The average Bonchev–Trinajstić information content (AvgIpc) is 2.89. The molecule has 0 aromatic carbocycles. The summed E-state index contributed by atoms with van der Waals surface area (Å²) < 4.78 is 5.29. The molecular formula is C18H33IN4O2. The largest absolute Gasteiger partial charge is 0.385 e. The van der Waals surface area contributed by atoms with E-state index < -0.39 is 0 Å². The molecule has 2 saturated heterocycles. The van der Waals surface area contributed by atoms with Crippen LogP contribution in [0.3, 0.4) is 0 Å². The lowest BCUT2D eigenvalue weighted by atomic mass is 9.67. The van der Waals surface area contributed by atoms with E-state index in [-0.39, 0.29) is 35.3 Å². The molecule has 1 unspecified atom stereocenters. The van der Waals surface area contributed by atoms with E-state index in [2.05, 4.69) is 20.5 Å². The van der Waals surface area contributed by atoms with Gasteiger partial charge in [-0.25, -0.2) is 0 Å². The van der Waals surface area contributed by atoms with Crippen LogP contribution >= 0.6 is 24.0 Å². The number of nitrogens with one attached hydrogen (secondary N) is 2. The summed E-state index contributed by atoms with van der Waals surface area (Å²) in [5.41, 5.74) is 0.488. The van der Waals surface area contributed by atoms with Crippen LogP contribution in [0, 0.1) is 10.8 Å². The molecule has 3 rings (SSSR count). The molecule has 7 heteroatoms. The van der Waals surface area contributed by atoms with Crippen LogP contribution in [-0.2, 0) is 9.53 Å². The van der Waals surface area contributed by atoms with Crippen LogP contribution in [0.1, 0.15) is 44.9 Å². The average molecular weight is 464 g/mol. The number of hydrogen-bond acceptors (Lipinski definition) is 3. The first-order valence-corrected chi connectivity index (χ1v) is 9.32. The van der Waals surface area contributed by atoms with E-state index >= 15 is 0 Å². The summed E-state index contributed by atoms with van der Waals surface area (Å²) in [5.74, 6) is 1.20. The molecule has 0 aromatic heterocycles. The van der Waals surface area contributed by atoms with Crippen molar-refractivity contribution in [1.82, 2.24) is 15.5 Å². The highest BCUT2D eigenvalue weighted by atomic mass is 127. The molecule has 0 aromatic rings. The van der Waals surface area contributed by atoms with E-state index in [1.165, 1.54) is 19.3 Å². The molecule has 0 radical (unpaired) electrons. The first-order chi connectivity index (χ1) is 11.6. The second-order valence-corrected chi connectivity index (χ2v) is 7.98. The van der Waals surface area contributed by atoms with Gasteiger partial charge in [0.1, 0.15) is 0 Å². The Morgan fingerprint density at radius 1 is 1.36 bits per heavy atom. The Labute approximate surface area is 168 Å². The van der Waals surface area contributed by atoms with Crippen molar-refractivity contribution in [2.75, 3.05) is 46.9 Å². The monoisotopic (exact) mass is 464 g/mol. The van der Waals surface area contributed by atoms with Gasteiger partial charge in [-0.1, -0.05) is 6.42 Å². The predicted octanol–water partition coefficient (Wildman–Crippen LogP) is 1.99. The minimum atomic E-state index is 0. The number of carbonyl (C=O) groups excluding carboxylic acids is 1. The van der Waals surface area contributed by atoms with Gasteiger partial charge in [0.25, 0.3) is 0 Å². The number of hydrogen-bond donors (Lipinski definition) is 2. The molecule has 1 spiro atoms. The fourth-order valence-electron chi connectivity index (χ4n) is 4.54. The zero-order valence-electron chi connectivity index (χ0n) is 15.6. The lowest BCUT2D eigenvalue weighted by Crippen LogP contribution is -2.53. The number of guanidine groups is 1. The van der Waals surface area contributed by atoms with Crippen molar-refractivity contribution in [2.24, 2.45) is 15.8 Å². The molecule has 0 bridgehead atoms. The fraction of sp³-hybridized carbons (Fsp3) is 0.889. The molecule has 3 aliphatic rings. The Morgan fingerprint density at radius 2 is 2.16 bits per heavy atom. The smallest absolute Gasteiger partial charge is 0.220 e. The normalized spacial score (nSPS) is 28.3. The third-order valence-corrected chi connectivity index (χ3v) is 6.24. The van der Waals surface area contributed by atoms with Gasteiger partial charge >= 0.3 is 0 Å². The van der Waals surface area contributed by atoms with Gasteiger partial charge in [-0.05, 0) is 37.5 Å². The van der Waals surface area contributed by atoms with E-state index in [1.54, 1.807) is 7.11 Å². The van der Waals surface area contributed by atoms with Crippen molar-refractivity contribution >= 4 is 35.8 Å². The topological polar surface area (TPSA) is 66.0 Å². The van der Waals surface area contributed by atoms with Crippen molar-refractivity contribution in [3.63, 3.8) is 0 Å². The standard InChI is InChI=1S/C18H32N4O2.HI/c1-19-16(21-12-17(5-3-6-17)8-10-24-2)22-9-4-7-18(14-22)11-15(23)20-13-18;/h3-14H2,1-2H3,(H,19,21)(H,20,23);1H. The summed E-state index contributed by atoms with van der Waals surface area (Å²) in [6.45, 7) is 4.58. The van der Waals surface area contributed by atoms with Crippen molar-refractivity contribution in [3.8, 4) is 0 Å². The van der Waals surface area contributed by atoms with Gasteiger partial charge in [-0.2, -0.15) is 0 Å². The van der Waals surface area contributed by atoms with Crippen LogP contribution in [0.2, 0.25) is 0 Å². The molecule has 1 aliphatic carbocycles. The maximum atomic E-state index is 11.7. The van der Waals surface area contributed by atoms with Crippen molar-refractivity contribution < 1.29 is 9.53 Å². The van der Waals surface area contributed by atoms with Crippen LogP contribution in [0.25, 0.3) is 0 Å². The number of rotatable bonds is 5. The molecule has 2 aliphatic heterocycles. The second-order valence-electron chi connectivity index (χ2n) is 7.98. The quantitative estimate of drug-likeness (QED) is 0.371. The molecule has 2 N–H and O–H groups in total.